The van der Waals surface area contributed by atoms with E-state index in [1.165, 1.54) is 51.4 Å². The Labute approximate surface area is 239 Å². The van der Waals surface area contributed by atoms with Gasteiger partial charge in [-0.1, -0.05) is 81.5 Å². The Hall–Kier alpha value is -1.29. The van der Waals surface area contributed by atoms with Gasteiger partial charge < -0.3 is 9.47 Å². The number of fused-ring (bicyclic) bond motifs is 5. The van der Waals surface area contributed by atoms with E-state index in [0.29, 0.717) is 11.2 Å². The molecule has 210 valence electrons. The first-order chi connectivity index (χ1) is 18.1. The van der Waals surface area contributed by atoms with Crippen molar-refractivity contribution in [2.45, 2.75) is 111 Å². The van der Waals surface area contributed by atoms with Gasteiger partial charge in [0.1, 0.15) is 11.9 Å². The first-order valence-corrected chi connectivity index (χ1v) is 16.2. The molecule has 5 rings (SSSR count). The van der Waals surface area contributed by atoms with E-state index >= 15 is 0 Å². The monoisotopic (exact) mass is 584 g/mol. The van der Waals surface area contributed by atoms with Crippen LogP contribution in [0.4, 0.5) is 4.79 Å². The molecule has 3 nitrogen and oxygen atoms in total. The molecule has 38 heavy (non-hydrogen) atoms. The molecule has 0 heterocycles. The van der Waals surface area contributed by atoms with Crippen LogP contribution in [0.1, 0.15) is 105 Å². The van der Waals surface area contributed by atoms with E-state index in [2.05, 4.69) is 56.6 Å². The summed E-state index contributed by atoms with van der Waals surface area (Å²) in [5, 5.41) is 0. The fourth-order valence-corrected chi connectivity index (χ4v) is 9.78. The molecule has 1 aromatic rings. The number of benzene rings is 1. The Bertz CT molecular complexity index is 1020. The van der Waals surface area contributed by atoms with Crippen LogP contribution in [-0.2, 0) is 4.74 Å². The normalized spacial score (nSPS) is 37.0. The average Bonchev–Trinajstić information content (AvgIpc) is 3.23. The van der Waals surface area contributed by atoms with Crippen molar-refractivity contribution in [1.29, 1.82) is 0 Å². The molecule has 0 aromatic heterocycles. The highest BCUT2D eigenvalue weighted by Gasteiger charge is 2.59. The van der Waals surface area contributed by atoms with Crippen LogP contribution in [0.2, 0.25) is 0 Å². The zero-order valence-corrected chi connectivity index (χ0v) is 25.9. The molecular formula is C34H49BrO3. The number of hydrogen-bond donors (Lipinski definition) is 0. The fraction of sp³-hybridized carbons (Fsp3) is 0.735. The third-order valence-corrected chi connectivity index (χ3v) is 12.1. The maximum atomic E-state index is 12.5. The van der Waals surface area contributed by atoms with E-state index in [-0.39, 0.29) is 11.5 Å². The highest BCUT2D eigenvalue weighted by atomic mass is 79.9. The van der Waals surface area contributed by atoms with Gasteiger partial charge in [0.05, 0.1) is 0 Å². The standard InChI is InChI=1S/C34H49BrO3/c1-22(2)7-6-8-23(3)29-15-16-30-28-14-9-24-21-27(38-32(36)37-26-12-10-25(35)11-13-26)17-19-33(24,4)31(28)18-20-34(29,30)5/h9-13,22-23,27-31H,6-8,14-21H2,1-5H3. The highest BCUT2D eigenvalue weighted by Crippen LogP contribution is 2.67. The second-order valence-electron chi connectivity index (χ2n) is 14.1. The van der Waals surface area contributed by atoms with Crippen LogP contribution in [0, 0.1) is 46.3 Å². The lowest BCUT2D eigenvalue weighted by Gasteiger charge is -2.58. The van der Waals surface area contributed by atoms with Crippen LogP contribution in [0.15, 0.2) is 40.4 Å². The molecule has 0 radical (unpaired) electrons. The third-order valence-electron chi connectivity index (χ3n) is 11.5. The minimum Gasteiger partial charge on any atom is -0.430 e. The maximum absolute atomic E-state index is 12.5. The van der Waals surface area contributed by atoms with E-state index in [4.69, 9.17) is 9.47 Å². The SMILES string of the molecule is CC(C)CCCC(C)C1CCC2C3CC=C4CC(OC(=O)Oc5ccc(Br)cc5)CCC4(C)C3CCC12C. The molecule has 1 aromatic carbocycles. The van der Waals surface area contributed by atoms with Crippen LogP contribution in [0.5, 0.6) is 5.75 Å². The van der Waals surface area contributed by atoms with Gasteiger partial charge in [0.15, 0.2) is 0 Å². The van der Waals surface area contributed by atoms with Crippen molar-refractivity contribution in [3.05, 3.63) is 40.4 Å². The van der Waals surface area contributed by atoms with Gasteiger partial charge in [-0.25, -0.2) is 4.79 Å². The summed E-state index contributed by atoms with van der Waals surface area (Å²) in [6, 6.07) is 7.30. The van der Waals surface area contributed by atoms with E-state index in [9.17, 15) is 4.79 Å². The maximum Gasteiger partial charge on any atom is 0.514 e. The van der Waals surface area contributed by atoms with Gasteiger partial charge >= 0.3 is 6.16 Å². The number of carbonyl (C=O) groups excluding carboxylic acids is 1. The van der Waals surface area contributed by atoms with Gasteiger partial charge in [-0.15, -0.1) is 0 Å². The smallest absolute Gasteiger partial charge is 0.430 e. The number of carbonyl (C=O) groups is 1. The van der Waals surface area contributed by atoms with E-state index in [1.54, 1.807) is 17.7 Å². The number of ether oxygens (including phenoxy) is 2. The predicted molar refractivity (Wildman–Crippen MR) is 158 cm³/mol. The molecule has 0 amide bonds. The van der Waals surface area contributed by atoms with Gasteiger partial charge in [0.2, 0.25) is 0 Å². The van der Waals surface area contributed by atoms with Crippen molar-refractivity contribution in [3.8, 4) is 5.75 Å². The van der Waals surface area contributed by atoms with Crippen LogP contribution in [0.3, 0.4) is 0 Å². The second-order valence-corrected chi connectivity index (χ2v) is 15.0. The molecule has 4 heteroatoms. The van der Waals surface area contributed by atoms with Gasteiger partial charge in [-0.05, 0) is 116 Å². The molecule has 0 N–H and O–H groups in total. The van der Waals surface area contributed by atoms with Crippen molar-refractivity contribution in [3.63, 3.8) is 0 Å². The van der Waals surface area contributed by atoms with E-state index in [0.717, 1.165) is 59.2 Å². The zero-order valence-electron chi connectivity index (χ0n) is 24.3. The molecule has 0 spiro atoms. The first kappa shape index (κ1) is 28.2. The number of halogens is 1. The first-order valence-electron chi connectivity index (χ1n) is 15.4. The molecule has 8 atom stereocenters. The Morgan fingerprint density at radius 3 is 2.50 bits per heavy atom. The van der Waals surface area contributed by atoms with Crippen molar-refractivity contribution >= 4 is 22.1 Å². The van der Waals surface area contributed by atoms with Crippen molar-refractivity contribution in [2.75, 3.05) is 0 Å². The second kappa shape index (κ2) is 11.3. The van der Waals surface area contributed by atoms with Crippen molar-refractivity contribution < 1.29 is 14.3 Å². The molecule has 0 saturated heterocycles. The highest BCUT2D eigenvalue weighted by molar-refractivity contribution is 9.10. The van der Waals surface area contributed by atoms with Crippen LogP contribution in [-0.4, -0.2) is 12.3 Å². The van der Waals surface area contributed by atoms with Gasteiger partial charge in [-0.2, -0.15) is 0 Å². The summed E-state index contributed by atoms with van der Waals surface area (Å²) in [4.78, 5) is 12.5. The molecule has 3 saturated carbocycles. The quantitative estimate of drug-likeness (QED) is 0.181. The molecule has 4 aliphatic rings. The fourth-order valence-electron chi connectivity index (χ4n) is 9.51. The number of allylic oxidation sites excluding steroid dienone is 1. The predicted octanol–water partition coefficient (Wildman–Crippen LogP) is 10.4. The minimum atomic E-state index is -0.580. The van der Waals surface area contributed by atoms with Crippen molar-refractivity contribution in [1.82, 2.24) is 0 Å². The molecule has 4 aliphatic carbocycles. The molecule has 0 aliphatic heterocycles. The lowest BCUT2D eigenvalue weighted by molar-refractivity contribution is -0.0597. The Kier molecular flexibility index (Phi) is 8.40. The lowest BCUT2D eigenvalue weighted by Crippen LogP contribution is -2.51. The lowest BCUT2D eigenvalue weighted by atomic mass is 9.47. The summed E-state index contributed by atoms with van der Waals surface area (Å²) in [7, 11) is 0. The van der Waals surface area contributed by atoms with Gasteiger partial charge in [0, 0.05) is 10.9 Å². The number of rotatable bonds is 7. The van der Waals surface area contributed by atoms with Crippen molar-refractivity contribution in [2.24, 2.45) is 46.3 Å². The van der Waals surface area contributed by atoms with Crippen LogP contribution < -0.4 is 4.74 Å². The summed E-state index contributed by atoms with van der Waals surface area (Å²) in [5.41, 5.74) is 2.34. The minimum absolute atomic E-state index is 0.0785. The van der Waals surface area contributed by atoms with E-state index in [1.807, 2.05) is 12.1 Å². The Morgan fingerprint density at radius 1 is 1.00 bits per heavy atom. The summed E-state index contributed by atoms with van der Waals surface area (Å²) < 4.78 is 12.2. The molecule has 3 fully saturated rings. The summed E-state index contributed by atoms with van der Waals surface area (Å²) in [5.74, 6) is 5.60. The molecule has 8 unspecified atom stereocenters. The Balaban J connectivity index is 1.21. The average molecular weight is 586 g/mol. The summed E-state index contributed by atoms with van der Waals surface area (Å²) in [6.45, 7) is 12.5. The molecular weight excluding hydrogens is 536 g/mol. The third kappa shape index (κ3) is 5.50. The molecule has 0 bridgehead atoms. The number of hydrogen-bond acceptors (Lipinski definition) is 3. The summed E-state index contributed by atoms with van der Waals surface area (Å²) >= 11 is 3.42. The zero-order chi connectivity index (χ0) is 27.1. The van der Waals surface area contributed by atoms with Gasteiger partial charge in [0.25, 0.3) is 0 Å². The van der Waals surface area contributed by atoms with Crippen LogP contribution >= 0.6 is 15.9 Å². The largest absolute Gasteiger partial charge is 0.514 e. The summed E-state index contributed by atoms with van der Waals surface area (Å²) in [6.07, 6.45) is 15.9. The topological polar surface area (TPSA) is 35.5 Å². The Morgan fingerprint density at radius 2 is 1.76 bits per heavy atom. The van der Waals surface area contributed by atoms with E-state index < -0.39 is 6.16 Å². The van der Waals surface area contributed by atoms with Gasteiger partial charge in [-0.3, -0.25) is 0 Å². The van der Waals surface area contributed by atoms with Crippen LogP contribution in [0.25, 0.3) is 0 Å².